The van der Waals surface area contributed by atoms with Gasteiger partial charge in [-0.25, -0.2) is 0 Å². The Hall–Kier alpha value is -3.34. The van der Waals surface area contributed by atoms with Crippen LogP contribution in [0.15, 0.2) is 54.6 Å². The summed E-state index contributed by atoms with van der Waals surface area (Å²) in [4.78, 5) is 0. The molecule has 0 aliphatic carbocycles. The lowest BCUT2D eigenvalue weighted by Crippen LogP contribution is -1.97. The Kier molecular flexibility index (Phi) is 4.20. The summed E-state index contributed by atoms with van der Waals surface area (Å²) in [5, 5.41) is 0. The molecule has 142 valence electrons. The highest BCUT2D eigenvalue weighted by Gasteiger charge is 2.29. The molecule has 0 radical (unpaired) electrons. The van der Waals surface area contributed by atoms with Crippen molar-refractivity contribution in [1.82, 2.24) is 0 Å². The molecule has 5 heteroatoms. The van der Waals surface area contributed by atoms with Gasteiger partial charge in [-0.1, -0.05) is 30.3 Å². The van der Waals surface area contributed by atoms with Gasteiger partial charge in [-0.15, -0.1) is 0 Å². The number of benzene rings is 3. The van der Waals surface area contributed by atoms with Crippen LogP contribution in [-0.4, -0.2) is 13.9 Å². The van der Waals surface area contributed by atoms with Crippen molar-refractivity contribution in [3.63, 3.8) is 0 Å². The lowest BCUT2D eigenvalue weighted by atomic mass is 10.0. The Morgan fingerprint density at radius 1 is 0.857 bits per heavy atom. The quantitative estimate of drug-likeness (QED) is 0.648. The average Bonchev–Trinajstić information content (AvgIpc) is 3.16. The standard InChI is InChI=1S/C23H20O5/c1-24-20-12-17-8-7-16-11-18(25-13-15-5-3-2-4-6-15)9-10-19(16)28-21(17)23-22(20)26-14-27-23/h2-6,9-12H,7-8,13-14H2,1H3. The average molecular weight is 376 g/mol. The second kappa shape index (κ2) is 7.00. The molecule has 0 saturated carbocycles. The first-order valence-corrected chi connectivity index (χ1v) is 9.29. The van der Waals surface area contributed by atoms with E-state index in [1.54, 1.807) is 7.11 Å². The summed E-state index contributed by atoms with van der Waals surface area (Å²) < 4.78 is 28.9. The molecule has 0 N–H and O–H groups in total. The minimum atomic E-state index is 0.171. The highest BCUT2D eigenvalue weighted by Crippen LogP contribution is 2.52. The number of hydrogen-bond donors (Lipinski definition) is 0. The van der Waals surface area contributed by atoms with E-state index in [0.717, 1.165) is 41.0 Å². The Balaban J connectivity index is 1.42. The summed E-state index contributed by atoms with van der Waals surface area (Å²) in [5.74, 6) is 4.25. The van der Waals surface area contributed by atoms with E-state index < -0.39 is 0 Å². The van der Waals surface area contributed by atoms with Crippen LogP contribution >= 0.6 is 0 Å². The molecule has 0 aromatic heterocycles. The minimum Gasteiger partial charge on any atom is -0.493 e. The van der Waals surface area contributed by atoms with Crippen LogP contribution in [0.5, 0.6) is 34.5 Å². The van der Waals surface area contributed by atoms with Crippen molar-refractivity contribution in [3.8, 4) is 34.5 Å². The Bertz CT molecular complexity index is 1010. The maximum Gasteiger partial charge on any atom is 0.231 e. The van der Waals surface area contributed by atoms with Crippen LogP contribution in [0, 0.1) is 0 Å². The zero-order valence-electron chi connectivity index (χ0n) is 15.6. The predicted octanol–water partition coefficient (Wildman–Crippen LogP) is 4.89. The highest BCUT2D eigenvalue weighted by atomic mass is 16.7. The van der Waals surface area contributed by atoms with Gasteiger partial charge in [-0.3, -0.25) is 0 Å². The third kappa shape index (κ3) is 2.99. The first kappa shape index (κ1) is 16.8. The van der Waals surface area contributed by atoms with Gasteiger partial charge in [0.2, 0.25) is 18.3 Å². The molecule has 3 aromatic rings. The van der Waals surface area contributed by atoms with Gasteiger partial charge in [0.05, 0.1) is 7.11 Å². The number of methoxy groups -OCH3 is 1. The molecule has 2 aliphatic rings. The van der Waals surface area contributed by atoms with Gasteiger partial charge in [0, 0.05) is 5.56 Å². The van der Waals surface area contributed by atoms with E-state index in [4.69, 9.17) is 23.7 Å². The van der Waals surface area contributed by atoms with Crippen LogP contribution in [0.2, 0.25) is 0 Å². The van der Waals surface area contributed by atoms with E-state index in [-0.39, 0.29) is 6.79 Å². The first-order valence-electron chi connectivity index (χ1n) is 9.29. The number of rotatable bonds is 4. The monoisotopic (exact) mass is 376 g/mol. The van der Waals surface area contributed by atoms with E-state index in [0.29, 0.717) is 29.6 Å². The molecular weight excluding hydrogens is 356 g/mol. The van der Waals surface area contributed by atoms with Crippen LogP contribution in [0.4, 0.5) is 0 Å². The van der Waals surface area contributed by atoms with Gasteiger partial charge in [0.15, 0.2) is 11.5 Å². The first-order chi connectivity index (χ1) is 13.8. The lowest BCUT2D eigenvalue weighted by Gasteiger charge is -2.14. The fraction of sp³-hybridized carbons (Fsp3) is 0.217. The molecule has 0 bridgehead atoms. The van der Waals surface area contributed by atoms with Crippen LogP contribution in [-0.2, 0) is 19.4 Å². The van der Waals surface area contributed by atoms with E-state index in [1.165, 1.54) is 0 Å². The van der Waals surface area contributed by atoms with Gasteiger partial charge in [-0.05, 0) is 48.2 Å². The molecule has 0 spiro atoms. The van der Waals surface area contributed by atoms with Gasteiger partial charge in [0.25, 0.3) is 0 Å². The molecule has 2 heterocycles. The Morgan fingerprint density at radius 2 is 1.68 bits per heavy atom. The molecule has 28 heavy (non-hydrogen) atoms. The predicted molar refractivity (Wildman–Crippen MR) is 104 cm³/mol. The number of fused-ring (bicyclic) bond motifs is 4. The fourth-order valence-corrected chi connectivity index (χ4v) is 3.58. The van der Waals surface area contributed by atoms with Gasteiger partial charge in [0.1, 0.15) is 18.1 Å². The van der Waals surface area contributed by atoms with Crippen molar-refractivity contribution in [1.29, 1.82) is 0 Å². The van der Waals surface area contributed by atoms with Crippen LogP contribution in [0.1, 0.15) is 16.7 Å². The zero-order chi connectivity index (χ0) is 18.9. The normalized spacial score (nSPS) is 13.8. The van der Waals surface area contributed by atoms with E-state index in [2.05, 4.69) is 18.2 Å². The van der Waals surface area contributed by atoms with Crippen molar-refractivity contribution in [3.05, 3.63) is 71.3 Å². The molecule has 0 saturated heterocycles. The molecule has 5 nitrogen and oxygen atoms in total. The van der Waals surface area contributed by atoms with Crippen molar-refractivity contribution < 1.29 is 23.7 Å². The maximum atomic E-state index is 6.25. The Morgan fingerprint density at radius 3 is 2.54 bits per heavy atom. The Labute approximate surface area is 163 Å². The topological polar surface area (TPSA) is 46.2 Å². The third-order valence-corrected chi connectivity index (χ3v) is 5.02. The van der Waals surface area contributed by atoms with Crippen LogP contribution in [0.3, 0.4) is 0 Å². The molecular formula is C23H20O5. The van der Waals surface area contributed by atoms with Gasteiger partial charge < -0.3 is 23.7 Å². The van der Waals surface area contributed by atoms with E-state index >= 15 is 0 Å². The SMILES string of the molecule is COc1cc2c(c3c1OCO3)Oc1ccc(OCc3ccccc3)cc1CC2. The number of ether oxygens (including phenoxy) is 5. The molecule has 2 aliphatic heterocycles. The summed E-state index contributed by atoms with van der Waals surface area (Å²) in [7, 11) is 1.63. The van der Waals surface area contributed by atoms with Crippen LogP contribution in [0.25, 0.3) is 0 Å². The largest absolute Gasteiger partial charge is 0.493 e. The van der Waals surface area contributed by atoms with Crippen molar-refractivity contribution >= 4 is 0 Å². The number of hydrogen-bond acceptors (Lipinski definition) is 5. The van der Waals surface area contributed by atoms with Crippen molar-refractivity contribution in [2.24, 2.45) is 0 Å². The second-order valence-electron chi connectivity index (χ2n) is 6.78. The molecule has 0 amide bonds. The molecule has 0 unspecified atom stereocenters. The molecule has 0 atom stereocenters. The second-order valence-corrected chi connectivity index (χ2v) is 6.78. The van der Waals surface area contributed by atoms with Gasteiger partial charge in [-0.2, -0.15) is 0 Å². The van der Waals surface area contributed by atoms with Crippen molar-refractivity contribution in [2.45, 2.75) is 19.4 Å². The fourth-order valence-electron chi connectivity index (χ4n) is 3.58. The summed E-state index contributed by atoms with van der Waals surface area (Å²) in [6, 6.07) is 18.1. The molecule has 3 aromatic carbocycles. The van der Waals surface area contributed by atoms with Crippen molar-refractivity contribution in [2.75, 3.05) is 13.9 Å². The summed E-state index contributed by atoms with van der Waals surface area (Å²) in [6.45, 7) is 0.710. The molecule has 5 rings (SSSR count). The maximum absolute atomic E-state index is 6.25. The van der Waals surface area contributed by atoms with E-state index in [9.17, 15) is 0 Å². The number of aryl methyl sites for hydroxylation is 2. The third-order valence-electron chi connectivity index (χ3n) is 5.02. The smallest absolute Gasteiger partial charge is 0.231 e. The van der Waals surface area contributed by atoms with Crippen LogP contribution < -0.4 is 23.7 Å². The zero-order valence-corrected chi connectivity index (χ0v) is 15.6. The molecule has 0 fully saturated rings. The summed E-state index contributed by atoms with van der Waals surface area (Å²) >= 11 is 0. The summed E-state index contributed by atoms with van der Waals surface area (Å²) in [5.41, 5.74) is 3.29. The lowest BCUT2D eigenvalue weighted by molar-refractivity contribution is 0.169. The van der Waals surface area contributed by atoms with E-state index in [1.807, 2.05) is 36.4 Å². The highest BCUT2D eigenvalue weighted by molar-refractivity contribution is 5.65. The minimum absolute atomic E-state index is 0.171. The summed E-state index contributed by atoms with van der Waals surface area (Å²) in [6.07, 6.45) is 1.66. The van der Waals surface area contributed by atoms with Gasteiger partial charge >= 0.3 is 0 Å².